The van der Waals surface area contributed by atoms with E-state index in [-0.39, 0.29) is 12.3 Å². The van der Waals surface area contributed by atoms with E-state index in [0.717, 1.165) is 11.6 Å². The molecule has 6 heteroatoms. The lowest BCUT2D eigenvalue weighted by molar-refractivity contribution is -0.250. The standard InChI is InChI=1S/C13H12N2O4/c1-9-14-11(7-12(16)15-9)13(17)19-18-8-10-5-3-2-4-6-10/h2-7H,8H2,1H3,(H,14,15,16). The van der Waals surface area contributed by atoms with E-state index in [0.29, 0.717) is 5.82 Å². The van der Waals surface area contributed by atoms with Gasteiger partial charge in [0.1, 0.15) is 12.4 Å². The minimum absolute atomic E-state index is 0.0886. The summed E-state index contributed by atoms with van der Waals surface area (Å²) in [5.41, 5.74) is 0.363. The van der Waals surface area contributed by atoms with Crippen molar-refractivity contribution in [3.05, 3.63) is 63.8 Å². The summed E-state index contributed by atoms with van der Waals surface area (Å²) in [6.45, 7) is 1.71. The number of carbonyl (C=O) groups is 1. The van der Waals surface area contributed by atoms with Gasteiger partial charge in [-0.1, -0.05) is 30.3 Å². The maximum atomic E-state index is 11.6. The highest BCUT2D eigenvalue weighted by Gasteiger charge is 2.11. The van der Waals surface area contributed by atoms with Crippen LogP contribution >= 0.6 is 0 Å². The second-order valence-corrected chi connectivity index (χ2v) is 3.83. The molecule has 2 aromatic rings. The van der Waals surface area contributed by atoms with Gasteiger partial charge in [-0.05, 0) is 12.5 Å². The number of hydrogen-bond donors (Lipinski definition) is 1. The van der Waals surface area contributed by atoms with Gasteiger partial charge in [-0.25, -0.2) is 9.78 Å². The zero-order chi connectivity index (χ0) is 13.7. The molecule has 1 N–H and O–H groups in total. The van der Waals surface area contributed by atoms with E-state index in [9.17, 15) is 9.59 Å². The van der Waals surface area contributed by atoms with Crippen LogP contribution in [0, 0.1) is 6.92 Å². The second-order valence-electron chi connectivity index (χ2n) is 3.83. The first-order valence-electron chi connectivity index (χ1n) is 5.61. The van der Waals surface area contributed by atoms with Gasteiger partial charge in [-0.3, -0.25) is 9.68 Å². The molecular weight excluding hydrogens is 248 g/mol. The Morgan fingerprint density at radius 3 is 2.74 bits per heavy atom. The molecule has 0 saturated carbocycles. The molecule has 0 amide bonds. The van der Waals surface area contributed by atoms with Crippen LogP contribution in [-0.4, -0.2) is 15.9 Å². The summed E-state index contributed by atoms with van der Waals surface area (Å²) in [4.78, 5) is 38.4. The molecule has 0 unspecified atom stereocenters. The molecule has 0 fully saturated rings. The maximum Gasteiger partial charge on any atom is 0.391 e. The van der Waals surface area contributed by atoms with Crippen molar-refractivity contribution in [3.8, 4) is 0 Å². The van der Waals surface area contributed by atoms with Gasteiger partial charge in [0.25, 0.3) is 5.56 Å². The van der Waals surface area contributed by atoms with E-state index in [2.05, 4.69) is 14.9 Å². The van der Waals surface area contributed by atoms with E-state index < -0.39 is 11.5 Å². The maximum absolute atomic E-state index is 11.6. The molecule has 98 valence electrons. The quantitative estimate of drug-likeness (QED) is 0.663. The summed E-state index contributed by atoms with van der Waals surface area (Å²) in [6.07, 6.45) is 0. The van der Waals surface area contributed by atoms with Crippen molar-refractivity contribution < 1.29 is 14.6 Å². The van der Waals surface area contributed by atoms with Crippen LogP contribution in [0.1, 0.15) is 21.9 Å². The summed E-state index contributed by atoms with van der Waals surface area (Å²) in [6, 6.07) is 10.3. The molecule has 0 radical (unpaired) electrons. The van der Waals surface area contributed by atoms with Crippen LogP contribution in [0.4, 0.5) is 0 Å². The summed E-state index contributed by atoms with van der Waals surface area (Å²) < 4.78 is 0. The van der Waals surface area contributed by atoms with Gasteiger partial charge in [0.05, 0.1) is 0 Å². The number of aromatic nitrogens is 2. The molecule has 6 nitrogen and oxygen atoms in total. The summed E-state index contributed by atoms with van der Waals surface area (Å²) in [5.74, 6) is -0.465. The molecule has 0 saturated heterocycles. The fourth-order valence-electron chi connectivity index (χ4n) is 1.45. The zero-order valence-electron chi connectivity index (χ0n) is 10.3. The largest absolute Gasteiger partial charge is 0.391 e. The molecule has 2 rings (SSSR count). The van der Waals surface area contributed by atoms with Crippen LogP contribution in [0.2, 0.25) is 0 Å². The first kappa shape index (κ1) is 13.0. The molecular formula is C13H12N2O4. The highest BCUT2D eigenvalue weighted by molar-refractivity contribution is 5.86. The Hall–Kier alpha value is -2.47. The number of H-pyrrole nitrogens is 1. The smallest absolute Gasteiger partial charge is 0.311 e. The van der Waals surface area contributed by atoms with Crippen LogP contribution in [0.15, 0.2) is 41.2 Å². The first-order valence-corrected chi connectivity index (χ1v) is 5.61. The van der Waals surface area contributed by atoms with Gasteiger partial charge in [0, 0.05) is 6.07 Å². The van der Waals surface area contributed by atoms with Gasteiger partial charge < -0.3 is 4.98 Å². The molecule has 0 aliphatic carbocycles. The van der Waals surface area contributed by atoms with Gasteiger partial charge in [0.15, 0.2) is 5.69 Å². The zero-order valence-corrected chi connectivity index (χ0v) is 10.3. The van der Waals surface area contributed by atoms with Crippen LogP contribution in [0.25, 0.3) is 0 Å². The van der Waals surface area contributed by atoms with Crippen LogP contribution < -0.4 is 5.56 Å². The van der Waals surface area contributed by atoms with Crippen LogP contribution in [0.3, 0.4) is 0 Å². The van der Waals surface area contributed by atoms with E-state index in [1.807, 2.05) is 30.3 Å². The third-order valence-corrected chi connectivity index (χ3v) is 2.27. The average Bonchev–Trinajstić information content (AvgIpc) is 2.38. The number of benzene rings is 1. The fraction of sp³-hybridized carbons (Fsp3) is 0.154. The Morgan fingerprint density at radius 2 is 2.05 bits per heavy atom. The van der Waals surface area contributed by atoms with Gasteiger partial charge in [-0.15, -0.1) is 0 Å². The number of aromatic amines is 1. The molecule has 0 atom stereocenters. The lowest BCUT2D eigenvalue weighted by atomic mass is 10.2. The molecule has 0 bridgehead atoms. The lowest BCUT2D eigenvalue weighted by Gasteiger charge is -2.03. The van der Waals surface area contributed by atoms with Crippen molar-refractivity contribution in [3.63, 3.8) is 0 Å². The number of nitrogens with one attached hydrogen (secondary N) is 1. The highest BCUT2D eigenvalue weighted by Crippen LogP contribution is 2.02. The monoisotopic (exact) mass is 260 g/mol. The summed E-state index contributed by atoms with van der Waals surface area (Å²) in [7, 11) is 0. The van der Waals surface area contributed by atoms with Crippen molar-refractivity contribution in [1.82, 2.24) is 9.97 Å². The lowest BCUT2D eigenvalue weighted by Crippen LogP contribution is -2.16. The van der Waals surface area contributed by atoms with Gasteiger partial charge >= 0.3 is 5.97 Å². The van der Waals surface area contributed by atoms with E-state index in [1.165, 1.54) is 0 Å². The van der Waals surface area contributed by atoms with Gasteiger partial charge in [0.2, 0.25) is 0 Å². The fourth-order valence-corrected chi connectivity index (χ4v) is 1.45. The minimum Gasteiger partial charge on any atom is -0.311 e. The number of rotatable bonds is 4. The second kappa shape index (κ2) is 5.92. The first-order chi connectivity index (χ1) is 9.15. The average molecular weight is 260 g/mol. The Bertz CT molecular complexity index is 622. The van der Waals surface area contributed by atoms with Crippen LogP contribution in [-0.2, 0) is 16.4 Å². The molecule has 0 spiro atoms. The molecule has 0 aliphatic heterocycles. The Labute approximate surface area is 109 Å². The molecule has 1 aromatic heterocycles. The number of hydrogen-bond acceptors (Lipinski definition) is 5. The molecule has 1 aromatic carbocycles. The number of aryl methyl sites for hydroxylation is 1. The highest BCUT2D eigenvalue weighted by atomic mass is 17.2. The Kier molecular flexibility index (Phi) is 4.04. The number of nitrogens with zero attached hydrogens (tertiary/aromatic N) is 1. The topological polar surface area (TPSA) is 81.3 Å². The number of carbonyl (C=O) groups excluding carboxylic acids is 1. The van der Waals surface area contributed by atoms with E-state index in [1.54, 1.807) is 6.92 Å². The van der Waals surface area contributed by atoms with Crippen molar-refractivity contribution in [2.45, 2.75) is 13.5 Å². The predicted molar refractivity (Wildman–Crippen MR) is 66.2 cm³/mol. The third-order valence-electron chi connectivity index (χ3n) is 2.27. The molecule has 19 heavy (non-hydrogen) atoms. The SMILES string of the molecule is Cc1nc(C(=O)OOCc2ccccc2)cc(=O)[nH]1. The van der Waals surface area contributed by atoms with Crippen LogP contribution in [0.5, 0.6) is 0 Å². The molecule has 0 aliphatic rings. The minimum atomic E-state index is -0.801. The summed E-state index contributed by atoms with van der Waals surface area (Å²) in [5, 5.41) is 0. The van der Waals surface area contributed by atoms with E-state index >= 15 is 0 Å². The summed E-state index contributed by atoms with van der Waals surface area (Å²) >= 11 is 0. The normalized spacial score (nSPS) is 10.2. The van der Waals surface area contributed by atoms with Crippen molar-refractivity contribution in [2.24, 2.45) is 0 Å². The van der Waals surface area contributed by atoms with E-state index in [4.69, 9.17) is 4.89 Å². The van der Waals surface area contributed by atoms with Crippen molar-refractivity contribution >= 4 is 5.97 Å². The Morgan fingerprint density at radius 1 is 1.32 bits per heavy atom. The molecule has 1 heterocycles. The predicted octanol–water partition coefficient (Wildman–Crippen LogP) is 1.37. The third kappa shape index (κ3) is 3.75. The van der Waals surface area contributed by atoms with Crippen molar-refractivity contribution in [1.29, 1.82) is 0 Å². The van der Waals surface area contributed by atoms with Gasteiger partial charge in [-0.2, -0.15) is 4.89 Å². The van der Waals surface area contributed by atoms with Crippen molar-refractivity contribution in [2.75, 3.05) is 0 Å². The Balaban J connectivity index is 1.93.